The van der Waals surface area contributed by atoms with Crippen LogP contribution in [0.25, 0.3) is 0 Å². The molecule has 1 atom stereocenters. The highest BCUT2D eigenvalue weighted by atomic mass is 35.5. The van der Waals surface area contributed by atoms with Crippen molar-refractivity contribution in [3.63, 3.8) is 0 Å². The number of hydrogen-bond acceptors (Lipinski definition) is 4. The minimum Gasteiger partial charge on any atom is -0.481 e. The fourth-order valence-electron chi connectivity index (χ4n) is 2.26. The predicted octanol–water partition coefficient (Wildman–Crippen LogP) is 3.00. The molecule has 2 rings (SSSR count). The Hall–Kier alpha value is -2.11. The number of methoxy groups -OCH3 is 1. The third-order valence-electron chi connectivity index (χ3n) is 3.31. The quantitative estimate of drug-likeness (QED) is 0.886. The molecular weight excluding hydrogens is 304 g/mol. The van der Waals surface area contributed by atoms with Gasteiger partial charge in [0, 0.05) is 23.8 Å². The Morgan fingerprint density at radius 2 is 2.09 bits per heavy atom. The molecule has 0 saturated carbocycles. The van der Waals surface area contributed by atoms with Gasteiger partial charge in [0.1, 0.15) is 6.04 Å². The summed E-state index contributed by atoms with van der Waals surface area (Å²) in [7, 11) is 3.29. The minimum absolute atomic E-state index is 0.430. The molecule has 1 heterocycles. The van der Waals surface area contributed by atoms with E-state index in [0.717, 1.165) is 5.56 Å². The summed E-state index contributed by atoms with van der Waals surface area (Å²) < 4.78 is 5.01. The highest BCUT2D eigenvalue weighted by molar-refractivity contribution is 6.31. The van der Waals surface area contributed by atoms with E-state index >= 15 is 0 Å². The van der Waals surface area contributed by atoms with Crippen LogP contribution in [0, 0.1) is 0 Å². The molecule has 0 aliphatic rings. The van der Waals surface area contributed by atoms with Crippen molar-refractivity contribution in [2.75, 3.05) is 14.2 Å². The molecule has 1 aromatic heterocycles. The summed E-state index contributed by atoms with van der Waals surface area (Å²) in [5.41, 5.74) is 1.46. The molecular formula is C16H17ClN2O3. The van der Waals surface area contributed by atoms with Gasteiger partial charge in [-0.3, -0.25) is 9.69 Å². The Labute approximate surface area is 134 Å². The van der Waals surface area contributed by atoms with Crippen molar-refractivity contribution in [3.05, 3.63) is 58.7 Å². The highest BCUT2D eigenvalue weighted by Gasteiger charge is 2.26. The number of carboxylic acid groups (broad SMARTS) is 1. The second-order valence-electron chi connectivity index (χ2n) is 4.89. The minimum atomic E-state index is -0.947. The van der Waals surface area contributed by atoms with E-state index in [1.165, 1.54) is 0 Å². The molecule has 6 heteroatoms. The standard InChI is InChI=1S/C16H17ClN2O3/c1-19(10-11-7-8-14(22-2)18-9-11)15(16(20)21)12-5-3-4-6-13(12)17/h3-9,15H,10H2,1-2H3,(H,20,21). The summed E-state index contributed by atoms with van der Waals surface area (Å²) >= 11 is 6.13. The van der Waals surface area contributed by atoms with E-state index in [4.69, 9.17) is 16.3 Å². The fourth-order valence-corrected chi connectivity index (χ4v) is 2.50. The van der Waals surface area contributed by atoms with Crippen molar-refractivity contribution in [2.45, 2.75) is 12.6 Å². The van der Waals surface area contributed by atoms with Crippen molar-refractivity contribution in [1.82, 2.24) is 9.88 Å². The number of ether oxygens (including phenoxy) is 1. The summed E-state index contributed by atoms with van der Waals surface area (Å²) in [5.74, 6) is -0.427. The number of pyridine rings is 1. The maximum absolute atomic E-state index is 11.6. The second kappa shape index (κ2) is 7.24. The van der Waals surface area contributed by atoms with Crippen LogP contribution in [0.1, 0.15) is 17.2 Å². The van der Waals surface area contributed by atoms with Gasteiger partial charge in [-0.15, -0.1) is 0 Å². The van der Waals surface area contributed by atoms with Crippen LogP contribution in [0.2, 0.25) is 5.02 Å². The van der Waals surface area contributed by atoms with E-state index in [1.807, 2.05) is 6.07 Å². The number of halogens is 1. The molecule has 0 aliphatic carbocycles. The number of rotatable bonds is 6. The molecule has 0 spiro atoms. The molecule has 2 aromatic rings. The van der Waals surface area contributed by atoms with Gasteiger partial charge in [0.2, 0.25) is 5.88 Å². The van der Waals surface area contributed by atoms with Crippen LogP contribution in [-0.2, 0) is 11.3 Å². The number of carboxylic acids is 1. The lowest BCUT2D eigenvalue weighted by molar-refractivity contribution is -0.143. The zero-order valence-corrected chi connectivity index (χ0v) is 13.1. The summed E-state index contributed by atoms with van der Waals surface area (Å²) in [5, 5.41) is 9.99. The Balaban J connectivity index is 2.21. The van der Waals surface area contributed by atoms with E-state index in [2.05, 4.69) is 4.98 Å². The molecule has 0 saturated heterocycles. The summed E-state index contributed by atoms with van der Waals surface area (Å²) in [6, 6.07) is 9.75. The average Bonchev–Trinajstić information content (AvgIpc) is 2.50. The molecule has 1 aromatic carbocycles. The monoisotopic (exact) mass is 320 g/mol. The van der Waals surface area contributed by atoms with Crippen LogP contribution in [0.15, 0.2) is 42.6 Å². The molecule has 0 amide bonds. The molecule has 1 N–H and O–H groups in total. The number of aliphatic carboxylic acids is 1. The Bertz CT molecular complexity index is 646. The topological polar surface area (TPSA) is 62.7 Å². The van der Waals surface area contributed by atoms with Crippen molar-refractivity contribution in [2.24, 2.45) is 0 Å². The molecule has 22 heavy (non-hydrogen) atoms. The lowest BCUT2D eigenvalue weighted by Crippen LogP contribution is -2.30. The van der Waals surface area contributed by atoms with Gasteiger partial charge in [-0.25, -0.2) is 4.98 Å². The number of benzene rings is 1. The molecule has 0 fully saturated rings. The summed E-state index contributed by atoms with van der Waals surface area (Å²) in [6.07, 6.45) is 1.67. The number of carbonyl (C=O) groups is 1. The highest BCUT2D eigenvalue weighted by Crippen LogP contribution is 2.28. The third kappa shape index (κ3) is 3.75. The average molecular weight is 321 g/mol. The summed E-state index contributed by atoms with van der Waals surface area (Å²) in [6.45, 7) is 0.430. The lowest BCUT2D eigenvalue weighted by Gasteiger charge is -2.25. The normalized spacial score (nSPS) is 12.2. The smallest absolute Gasteiger partial charge is 0.325 e. The molecule has 116 valence electrons. The van der Waals surface area contributed by atoms with Gasteiger partial charge >= 0.3 is 5.97 Å². The van der Waals surface area contributed by atoms with Gasteiger partial charge in [-0.2, -0.15) is 0 Å². The molecule has 0 radical (unpaired) electrons. The van der Waals surface area contributed by atoms with Crippen LogP contribution in [0.3, 0.4) is 0 Å². The molecule has 0 aliphatic heterocycles. The van der Waals surface area contributed by atoms with Gasteiger partial charge in [-0.1, -0.05) is 35.9 Å². The lowest BCUT2D eigenvalue weighted by atomic mass is 10.1. The van der Waals surface area contributed by atoms with Crippen LogP contribution in [0.4, 0.5) is 0 Å². The number of aromatic nitrogens is 1. The third-order valence-corrected chi connectivity index (χ3v) is 3.66. The number of hydrogen-bond donors (Lipinski definition) is 1. The first kappa shape index (κ1) is 16.3. The SMILES string of the molecule is COc1ccc(CN(C)C(C(=O)O)c2ccccc2Cl)cn1. The van der Waals surface area contributed by atoms with Gasteiger partial charge in [0.15, 0.2) is 0 Å². The predicted molar refractivity (Wildman–Crippen MR) is 84.1 cm³/mol. The number of likely N-dealkylation sites (N-methyl/N-ethyl adjacent to an activating group) is 1. The van der Waals surface area contributed by atoms with E-state index in [-0.39, 0.29) is 0 Å². The van der Waals surface area contributed by atoms with Crippen LogP contribution < -0.4 is 4.74 Å². The van der Waals surface area contributed by atoms with E-state index < -0.39 is 12.0 Å². The van der Waals surface area contributed by atoms with Crippen LogP contribution in [0.5, 0.6) is 5.88 Å². The summed E-state index contributed by atoms with van der Waals surface area (Å²) in [4.78, 5) is 17.5. The zero-order valence-electron chi connectivity index (χ0n) is 12.4. The largest absolute Gasteiger partial charge is 0.481 e. The van der Waals surface area contributed by atoms with Gasteiger partial charge in [0.25, 0.3) is 0 Å². The maximum Gasteiger partial charge on any atom is 0.325 e. The van der Waals surface area contributed by atoms with Gasteiger partial charge < -0.3 is 9.84 Å². The van der Waals surface area contributed by atoms with Crippen molar-refractivity contribution < 1.29 is 14.6 Å². The molecule has 1 unspecified atom stereocenters. The van der Waals surface area contributed by atoms with Crippen molar-refractivity contribution >= 4 is 17.6 Å². The fraction of sp³-hybridized carbons (Fsp3) is 0.250. The first-order chi connectivity index (χ1) is 10.5. The Kier molecular flexibility index (Phi) is 5.35. The zero-order chi connectivity index (χ0) is 16.1. The van der Waals surface area contributed by atoms with Gasteiger partial charge in [0.05, 0.1) is 7.11 Å². The Morgan fingerprint density at radius 3 is 2.64 bits per heavy atom. The first-order valence-corrected chi connectivity index (χ1v) is 7.07. The van der Waals surface area contributed by atoms with E-state index in [0.29, 0.717) is 23.0 Å². The first-order valence-electron chi connectivity index (χ1n) is 6.69. The number of nitrogens with zero attached hydrogens (tertiary/aromatic N) is 2. The van der Waals surface area contributed by atoms with Crippen molar-refractivity contribution in [1.29, 1.82) is 0 Å². The van der Waals surface area contributed by atoms with E-state index in [9.17, 15) is 9.90 Å². The van der Waals surface area contributed by atoms with Crippen LogP contribution >= 0.6 is 11.6 Å². The molecule has 0 bridgehead atoms. The Morgan fingerprint density at radius 1 is 1.36 bits per heavy atom. The van der Waals surface area contributed by atoms with Gasteiger partial charge in [-0.05, 0) is 24.2 Å². The van der Waals surface area contributed by atoms with E-state index in [1.54, 1.807) is 55.6 Å². The van der Waals surface area contributed by atoms with Crippen LogP contribution in [-0.4, -0.2) is 35.1 Å². The second-order valence-corrected chi connectivity index (χ2v) is 5.29. The maximum atomic E-state index is 11.6. The van der Waals surface area contributed by atoms with Crippen molar-refractivity contribution in [3.8, 4) is 5.88 Å². The molecule has 5 nitrogen and oxygen atoms in total.